The molecule has 5 aromatic rings. The maximum atomic E-state index is 13.6. The minimum atomic E-state index is -0.297. The topological polar surface area (TPSA) is 141 Å². The van der Waals surface area contributed by atoms with Gasteiger partial charge < -0.3 is 25.8 Å². The molecule has 0 atom stereocenters. The van der Waals surface area contributed by atoms with E-state index in [0.717, 1.165) is 74.3 Å². The van der Waals surface area contributed by atoms with Crippen molar-refractivity contribution in [1.82, 2.24) is 30.0 Å². The molecule has 3 heterocycles. The van der Waals surface area contributed by atoms with Crippen LogP contribution in [0.4, 0.5) is 11.4 Å². The zero-order valence-electron chi connectivity index (χ0n) is 30.2. The van der Waals surface area contributed by atoms with Gasteiger partial charge in [-0.25, -0.2) is 4.98 Å². The number of rotatable bonds is 20. The Balaban J connectivity index is 0.902. The molecule has 1 aromatic heterocycles. The Kier molecular flexibility index (Phi) is 12.1. The monoisotopic (exact) mass is 764 g/mol. The first-order chi connectivity index (χ1) is 26.5. The molecule has 0 saturated heterocycles. The Morgan fingerprint density at radius 2 is 1.13 bits per heavy atom. The summed E-state index contributed by atoms with van der Waals surface area (Å²) in [5.41, 5.74) is 3.91. The van der Waals surface area contributed by atoms with Crippen molar-refractivity contribution in [3.05, 3.63) is 102 Å². The number of anilines is 2. The number of likely N-dealkylation sites (N-methyl/N-ethyl adjacent to an activating group) is 1. The van der Waals surface area contributed by atoms with E-state index in [2.05, 4.69) is 26.3 Å². The number of carbonyl (C=O) groups is 4. The Labute approximate surface area is 322 Å². The largest absolute Gasteiger partial charge is 0.384 e. The molecular weight excluding hydrogens is 721 g/mol. The number of nitrogens with one attached hydrogen (secondary N) is 4. The van der Waals surface area contributed by atoms with Crippen molar-refractivity contribution < 1.29 is 19.2 Å². The number of hydrogen-bond donors (Lipinski definition) is 4. The van der Waals surface area contributed by atoms with Gasteiger partial charge in [0, 0.05) is 125 Å². The maximum absolute atomic E-state index is 13.6. The molecular formula is C40H44N8O4S2. The number of carbonyl (C=O) groups excluding carboxylic acids is 4. The van der Waals surface area contributed by atoms with Gasteiger partial charge in [0.1, 0.15) is 0 Å². The smallest absolute Gasteiger partial charge is 0.261 e. The van der Waals surface area contributed by atoms with Crippen LogP contribution >= 0.6 is 21.6 Å². The molecule has 14 heteroatoms. The van der Waals surface area contributed by atoms with E-state index in [9.17, 15) is 19.2 Å². The predicted molar refractivity (Wildman–Crippen MR) is 219 cm³/mol. The minimum Gasteiger partial charge on any atom is -0.384 e. The van der Waals surface area contributed by atoms with Gasteiger partial charge in [-0.3, -0.25) is 29.0 Å². The van der Waals surface area contributed by atoms with Gasteiger partial charge in [-0.05, 0) is 62.8 Å². The number of aryl methyl sites for hydroxylation is 1. The second-order valence-corrected chi connectivity index (χ2v) is 15.9. The maximum Gasteiger partial charge on any atom is 0.261 e. The van der Waals surface area contributed by atoms with Crippen LogP contribution in [0.5, 0.6) is 0 Å². The predicted octanol–water partition coefficient (Wildman–Crippen LogP) is 5.58. The lowest BCUT2D eigenvalue weighted by Gasteiger charge is -2.28. The molecule has 0 unspecified atom stereocenters. The van der Waals surface area contributed by atoms with Crippen molar-refractivity contribution >= 4 is 78.1 Å². The van der Waals surface area contributed by atoms with Gasteiger partial charge in [0.25, 0.3) is 23.6 Å². The third-order valence-corrected chi connectivity index (χ3v) is 12.1. The van der Waals surface area contributed by atoms with Crippen molar-refractivity contribution in [2.24, 2.45) is 0 Å². The summed E-state index contributed by atoms with van der Waals surface area (Å²) < 4.78 is 2.03. The molecule has 54 heavy (non-hydrogen) atoms. The van der Waals surface area contributed by atoms with Crippen LogP contribution in [0.25, 0.3) is 21.5 Å². The van der Waals surface area contributed by atoms with E-state index >= 15 is 0 Å². The second-order valence-electron chi connectivity index (χ2n) is 13.2. The molecule has 12 nitrogen and oxygen atoms in total. The van der Waals surface area contributed by atoms with E-state index in [4.69, 9.17) is 0 Å². The molecule has 4 aromatic carbocycles. The highest BCUT2D eigenvalue weighted by Gasteiger charge is 2.34. The molecule has 0 radical (unpaired) electrons. The number of amides is 4. The lowest BCUT2D eigenvalue weighted by molar-refractivity contribution is 0.0605. The van der Waals surface area contributed by atoms with E-state index in [1.54, 1.807) is 24.7 Å². The average Bonchev–Trinajstić information content (AvgIpc) is 3.72. The standard InChI is InChI=1S/C40H44N8O4S2/c1-41-17-18-42-14-4-15-44-33-12-10-31-35-27(33)6-2-8-29(35)37(49)47(39(31)51)22-24-53-54-25-23-48-38(50)30-9-3-7-28-34(13-11-32(36(28)30)40(48)52)45-16-5-20-46-21-19-43-26-46/h2-3,6-13,19,21,26,41-42,44-45H,4-5,14-18,20,22-25H2,1H3. The first-order valence-electron chi connectivity index (χ1n) is 18.3. The van der Waals surface area contributed by atoms with Gasteiger partial charge in [0.2, 0.25) is 0 Å². The highest BCUT2D eigenvalue weighted by atomic mass is 33.1. The SMILES string of the molecule is CNCCNCCCNc1ccc2c3c(cccc13)C(=O)N(CCSSCCN1C(=O)c3cccc4c(NCCCn5ccnc5)ccc(c34)C1=O)C2=O. The van der Waals surface area contributed by atoms with Crippen LogP contribution in [-0.2, 0) is 6.54 Å². The molecule has 0 fully saturated rings. The zero-order chi connectivity index (χ0) is 37.4. The lowest BCUT2D eigenvalue weighted by Crippen LogP contribution is -2.42. The van der Waals surface area contributed by atoms with Gasteiger partial charge in [-0.15, -0.1) is 0 Å². The van der Waals surface area contributed by atoms with Gasteiger partial charge in [-0.2, -0.15) is 0 Å². The van der Waals surface area contributed by atoms with Crippen LogP contribution in [0, 0.1) is 0 Å². The summed E-state index contributed by atoms with van der Waals surface area (Å²) in [6.07, 6.45) is 7.33. The van der Waals surface area contributed by atoms with E-state index in [1.165, 1.54) is 31.4 Å². The Bertz CT molecular complexity index is 2130. The fraction of sp³-hybridized carbons (Fsp3) is 0.325. The summed E-state index contributed by atoms with van der Waals surface area (Å²) in [4.78, 5) is 61.1. The third kappa shape index (κ3) is 7.83. The quantitative estimate of drug-likeness (QED) is 0.0449. The molecule has 280 valence electrons. The van der Waals surface area contributed by atoms with Crippen molar-refractivity contribution in [2.45, 2.75) is 19.4 Å². The summed E-state index contributed by atoms with van der Waals surface area (Å²) in [7, 11) is 4.96. The molecule has 4 amide bonds. The van der Waals surface area contributed by atoms with E-state index in [-0.39, 0.29) is 36.7 Å². The first kappa shape index (κ1) is 37.4. The fourth-order valence-electron chi connectivity index (χ4n) is 7.06. The van der Waals surface area contributed by atoms with Gasteiger partial charge in [0.15, 0.2) is 0 Å². The van der Waals surface area contributed by atoms with E-state index in [0.29, 0.717) is 44.5 Å². The number of benzene rings is 4. The van der Waals surface area contributed by atoms with Crippen molar-refractivity contribution in [3.8, 4) is 0 Å². The van der Waals surface area contributed by atoms with Crippen LogP contribution in [0.2, 0.25) is 0 Å². The van der Waals surface area contributed by atoms with E-state index in [1.807, 2.05) is 66.3 Å². The molecule has 2 aliphatic heterocycles. The second kappa shape index (κ2) is 17.5. The first-order valence-corrected chi connectivity index (χ1v) is 20.8. The molecule has 2 aliphatic rings. The van der Waals surface area contributed by atoms with E-state index < -0.39 is 0 Å². The number of hydrogen-bond acceptors (Lipinski definition) is 11. The molecule has 7 rings (SSSR count). The van der Waals surface area contributed by atoms with Crippen LogP contribution in [0.3, 0.4) is 0 Å². The summed E-state index contributed by atoms with van der Waals surface area (Å²) >= 11 is 0. The summed E-state index contributed by atoms with van der Waals surface area (Å²) in [6.45, 7) is 5.58. The highest BCUT2D eigenvalue weighted by molar-refractivity contribution is 8.76. The minimum absolute atomic E-state index is 0.250. The highest BCUT2D eigenvalue weighted by Crippen LogP contribution is 2.36. The Hall–Kier alpha value is -4.89. The Morgan fingerprint density at radius 1 is 0.593 bits per heavy atom. The number of nitrogens with zero attached hydrogens (tertiary/aromatic N) is 4. The summed E-state index contributed by atoms with van der Waals surface area (Å²) in [5.74, 6) is -0.157. The lowest BCUT2D eigenvalue weighted by atomic mass is 9.93. The number of aromatic nitrogens is 2. The molecule has 0 aliphatic carbocycles. The normalized spacial score (nSPS) is 13.8. The molecule has 0 bridgehead atoms. The van der Waals surface area contributed by atoms with Crippen LogP contribution in [0.1, 0.15) is 54.3 Å². The third-order valence-electron chi connectivity index (χ3n) is 9.73. The Morgan fingerprint density at radius 3 is 1.65 bits per heavy atom. The van der Waals surface area contributed by atoms with Gasteiger partial charge in [-0.1, -0.05) is 45.9 Å². The number of imidazole rings is 1. The number of imide groups is 2. The van der Waals surface area contributed by atoms with Crippen LogP contribution < -0.4 is 21.3 Å². The van der Waals surface area contributed by atoms with Crippen molar-refractivity contribution in [1.29, 1.82) is 0 Å². The zero-order valence-corrected chi connectivity index (χ0v) is 31.9. The van der Waals surface area contributed by atoms with Crippen molar-refractivity contribution in [2.75, 3.05) is 75.0 Å². The molecule has 0 saturated carbocycles. The van der Waals surface area contributed by atoms with Crippen LogP contribution in [-0.4, -0.2) is 107 Å². The van der Waals surface area contributed by atoms with Gasteiger partial charge in [0.05, 0.1) is 6.33 Å². The van der Waals surface area contributed by atoms with Gasteiger partial charge >= 0.3 is 0 Å². The average molecular weight is 765 g/mol. The van der Waals surface area contributed by atoms with Crippen molar-refractivity contribution in [3.63, 3.8) is 0 Å². The molecule has 4 N–H and O–H groups in total. The van der Waals surface area contributed by atoms with Crippen LogP contribution in [0.15, 0.2) is 79.4 Å². The fourth-order valence-corrected chi connectivity index (χ4v) is 8.96. The molecule has 0 spiro atoms. The summed E-state index contributed by atoms with van der Waals surface area (Å²) in [5, 5.41) is 16.6. The summed E-state index contributed by atoms with van der Waals surface area (Å²) in [6, 6.07) is 18.7.